The highest BCUT2D eigenvalue weighted by Gasteiger charge is 2.10. The summed E-state index contributed by atoms with van der Waals surface area (Å²) in [5, 5.41) is 9.01. The third-order valence-electron chi connectivity index (χ3n) is 2.39. The summed E-state index contributed by atoms with van der Waals surface area (Å²) in [4.78, 5) is 12.4. The van der Waals surface area contributed by atoms with E-state index >= 15 is 0 Å². The first kappa shape index (κ1) is 16.4. The number of unbranched alkanes of at least 4 members (excludes halogenated alkanes) is 2. The van der Waals surface area contributed by atoms with Crippen molar-refractivity contribution in [3.05, 3.63) is 25.7 Å². The number of nitrogens with zero attached hydrogens (tertiary/aromatic N) is 1. The monoisotopic (exact) mass is 257 g/mol. The topological polar surface area (TPSA) is 59.0 Å². The third kappa shape index (κ3) is 9.57. The van der Waals surface area contributed by atoms with Crippen LogP contribution in [0.5, 0.6) is 0 Å². The minimum Gasteiger partial charge on any atom is -0.502 e. The van der Waals surface area contributed by atoms with Gasteiger partial charge in [0, 0.05) is 13.1 Å². The Hall–Kier alpha value is -1.65. The maximum absolute atomic E-state index is 11.0. The molecule has 0 aliphatic carbocycles. The standard InChI is InChI=1S/C13H23NO4/c1-3-17-11-7-5-9-14(13(15)16)10-6-8-12-18-4-2/h3-4H,1-2,5-12H2,(H,15,16). The van der Waals surface area contributed by atoms with E-state index in [2.05, 4.69) is 13.2 Å². The van der Waals surface area contributed by atoms with Crippen LogP contribution in [0.3, 0.4) is 0 Å². The summed E-state index contributed by atoms with van der Waals surface area (Å²) in [5.74, 6) is 0. The van der Waals surface area contributed by atoms with Crippen molar-refractivity contribution in [1.29, 1.82) is 0 Å². The molecule has 0 rings (SSSR count). The molecule has 5 nitrogen and oxygen atoms in total. The molecule has 104 valence electrons. The number of carbonyl (C=O) groups is 1. The van der Waals surface area contributed by atoms with Crippen molar-refractivity contribution in [3.63, 3.8) is 0 Å². The van der Waals surface area contributed by atoms with Crippen LogP contribution in [-0.4, -0.2) is 42.4 Å². The molecule has 1 amide bonds. The molecule has 0 aromatic heterocycles. The minimum absolute atomic E-state index is 0.540. The lowest BCUT2D eigenvalue weighted by Crippen LogP contribution is -2.31. The summed E-state index contributed by atoms with van der Waals surface area (Å²) in [6.07, 6.45) is 5.17. The molecule has 5 heteroatoms. The van der Waals surface area contributed by atoms with Gasteiger partial charge in [-0.05, 0) is 25.7 Å². The van der Waals surface area contributed by atoms with Crippen molar-refractivity contribution in [2.24, 2.45) is 0 Å². The van der Waals surface area contributed by atoms with E-state index in [1.165, 1.54) is 17.4 Å². The number of carboxylic acid groups (broad SMARTS) is 1. The first-order chi connectivity index (χ1) is 8.72. The van der Waals surface area contributed by atoms with Crippen molar-refractivity contribution in [3.8, 4) is 0 Å². The normalized spacial score (nSPS) is 9.56. The Morgan fingerprint density at radius 1 is 1.00 bits per heavy atom. The molecule has 0 aliphatic heterocycles. The zero-order chi connectivity index (χ0) is 13.6. The smallest absolute Gasteiger partial charge is 0.407 e. The molecule has 0 radical (unpaired) electrons. The van der Waals surface area contributed by atoms with Gasteiger partial charge in [-0.2, -0.15) is 0 Å². The highest BCUT2D eigenvalue weighted by Crippen LogP contribution is 2.01. The lowest BCUT2D eigenvalue weighted by Gasteiger charge is -2.18. The van der Waals surface area contributed by atoms with Gasteiger partial charge in [0.15, 0.2) is 0 Å². The lowest BCUT2D eigenvalue weighted by atomic mass is 10.2. The van der Waals surface area contributed by atoms with Gasteiger partial charge in [-0.1, -0.05) is 13.2 Å². The van der Waals surface area contributed by atoms with Gasteiger partial charge in [-0.3, -0.25) is 0 Å². The zero-order valence-electron chi connectivity index (χ0n) is 10.8. The van der Waals surface area contributed by atoms with Gasteiger partial charge in [-0.25, -0.2) is 4.79 Å². The predicted molar refractivity (Wildman–Crippen MR) is 70.4 cm³/mol. The summed E-state index contributed by atoms with van der Waals surface area (Å²) in [6.45, 7) is 9.14. The fourth-order valence-electron chi connectivity index (χ4n) is 1.45. The Labute approximate surface area is 109 Å². The van der Waals surface area contributed by atoms with Gasteiger partial charge < -0.3 is 19.5 Å². The maximum Gasteiger partial charge on any atom is 0.407 e. The lowest BCUT2D eigenvalue weighted by molar-refractivity contribution is 0.139. The molecule has 18 heavy (non-hydrogen) atoms. The first-order valence-electron chi connectivity index (χ1n) is 6.15. The van der Waals surface area contributed by atoms with Crippen molar-refractivity contribution in [2.75, 3.05) is 26.3 Å². The van der Waals surface area contributed by atoms with Crippen molar-refractivity contribution in [2.45, 2.75) is 25.7 Å². The van der Waals surface area contributed by atoms with E-state index in [1.807, 2.05) is 0 Å². The Morgan fingerprint density at radius 3 is 1.78 bits per heavy atom. The summed E-state index contributed by atoms with van der Waals surface area (Å²) < 4.78 is 9.95. The Morgan fingerprint density at radius 2 is 1.44 bits per heavy atom. The molecule has 0 fully saturated rings. The molecule has 0 heterocycles. The molecule has 0 spiro atoms. The number of rotatable bonds is 12. The van der Waals surface area contributed by atoms with E-state index in [0.717, 1.165) is 25.7 Å². The van der Waals surface area contributed by atoms with E-state index in [9.17, 15) is 4.79 Å². The average molecular weight is 257 g/mol. The SMILES string of the molecule is C=COCCCCN(CCCCOC=C)C(=O)O. The largest absolute Gasteiger partial charge is 0.502 e. The molecular formula is C13H23NO4. The van der Waals surface area contributed by atoms with E-state index in [0.29, 0.717) is 26.3 Å². The van der Waals surface area contributed by atoms with Gasteiger partial charge in [0.05, 0.1) is 25.7 Å². The molecule has 0 aliphatic rings. The Kier molecular flexibility index (Phi) is 10.7. The van der Waals surface area contributed by atoms with Crippen LogP contribution in [0, 0.1) is 0 Å². The second kappa shape index (κ2) is 11.8. The van der Waals surface area contributed by atoms with Gasteiger partial charge in [-0.15, -0.1) is 0 Å². The van der Waals surface area contributed by atoms with Crippen LogP contribution in [0.15, 0.2) is 25.7 Å². The zero-order valence-corrected chi connectivity index (χ0v) is 10.8. The molecule has 1 N–H and O–H groups in total. The van der Waals surface area contributed by atoms with Crippen molar-refractivity contribution in [1.82, 2.24) is 4.90 Å². The van der Waals surface area contributed by atoms with Crippen LogP contribution in [-0.2, 0) is 9.47 Å². The Balaban J connectivity index is 3.62. The number of amides is 1. The quantitative estimate of drug-likeness (QED) is 0.431. The van der Waals surface area contributed by atoms with E-state index < -0.39 is 6.09 Å². The third-order valence-corrected chi connectivity index (χ3v) is 2.39. The molecule has 0 saturated carbocycles. The number of hydrogen-bond donors (Lipinski definition) is 1. The molecule has 0 unspecified atom stereocenters. The van der Waals surface area contributed by atoms with Crippen LogP contribution < -0.4 is 0 Å². The summed E-state index contributed by atoms with van der Waals surface area (Å²) in [5.41, 5.74) is 0. The van der Waals surface area contributed by atoms with Crippen LogP contribution in [0.25, 0.3) is 0 Å². The minimum atomic E-state index is -0.871. The molecule has 0 bridgehead atoms. The first-order valence-corrected chi connectivity index (χ1v) is 6.15. The second-order valence-corrected chi connectivity index (χ2v) is 3.76. The molecular weight excluding hydrogens is 234 g/mol. The highest BCUT2D eigenvalue weighted by atomic mass is 16.5. The van der Waals surface area contributed by atoms with Crippen molar-refractivity contribution >= 4 is 6.09 Å². The molecule has 0 saturated heterocycles. The molecule has 0 aromatic rings. The Bertz CT molecular complexity index is 225. The number of ether oxygens (including phenoxy) is 2. The fraction of sp³-hybridized carbons (Fsp3) is 0.615. The second-order valence-electron chi connectivity index (χ2n) is 3.76. The fourth-order valence-corrected chi connectivity index (χ4v) is 1.45. The summed E-state index contributed by atoms with van der Waals surface area (Å²) in [6, 6.07) is 0. The maximum atomic E-state index is 11.0. The van der Waals surface area contributed by atoms with Gasteiger partial charge >= 0.3 is 6.09 Å². The number of hydrogen-bond acceptors (Lipinski definition) is 3. The van der Waals surface area contributed by atoms with Crippen LogP contribution in [0.1, 0.15) is 25.7 Å². The van der Waals surface area contributed by atoms with Crippen molar-refractivity contribution < 1.29 is 19.4 Å². The van der Waals surface area contributed by atoms with E-state index in [4.69, 9.17) is 14.6 Å². The van der Waals surface area contributed by atoms with Crippen LogP contribution in [0.2, 0.25) is 0 Å². The van der Waals surface area contributed by atoms with Gasteiger partial charge in [0.25, 0.3) is 0 Å². The van der Waals surface area contributed by atoms with Gasteiger partial charge in [0.2, 0.25) is 0 Å². The van der Waals surface area contributed by atoms with Crippen LogP contribution in [0.4, 0.5) is 4.79 Å². The summed E-state index contributed by atoms with van der Waals surface area (Å²) in [7, 11) is 0. The predicted octanol–water partition coefficient (Wildman–Crippen LogP) is 2.85. The van der Waals surface area contributed by atoms with E-state index in [1.54, 1.807) is 0 Å². The van der Waals surface area contributed by atoms with E-state index in [-0.39, 0.29) is 0 Å². The summed E-state index contributed by atoms with van der Waals surface area (Å²) >= 11 is 0. The highest BCUT2D eigenvalue weighted by molar-refractivity contribution is 5.64. The molecule has 0 aromatic carbocycles. The average Bonchev–Trinajstić information content (AvgIpc) is 2.35. The van der Waals surface area contributed by atoms with Crippen LogP contribution >= 0.6 is 0 Å². The molecule has 0 atom stereocenters. The van der Waals surface area contributed by atoms with Gasteiger partial charge in [0.1, 0.15) is 0 Å².